The first-order valence-corrected chi connectivity index (χ1v) is 4.29. The van der Waals surface area contributed by atoms with Crippen LogP contribution in [0.2, 0.25) is 0 Å². The summed E-state index contributed by atoms with van der Waals surface area (Å²) in [5.41, 5.74) is 0.668. The van der Waals surface area contributed by atoms with Crippen LogP contribution in [0.3, 0.4) is 0 Å². The number of phenolic OH excluding ortho intramolecular Hbond substituents is 2. The molecule has 1 rings (SSSR count). The average molecular weight is 182 g/mol. The fourth-order valence-electron chi connectivity index (χ4n) is 1.14. The maximum atomic E-state index is 9.38. The average Bonchev–Trinajstić information content (AvgIpc) is 2.07. The number of phenols is 2. The molecule has 0 radical (unpaired) electrons. The van der Waals surface area contributed by atoms with Crippen molar-refractivity contribution in [2.24, 2.45) is 0 Å². The Morgan fingerprint density at radius 1 is 1.31 bits per heavy atom. The molecule has 1 atom stereocenters. The van der Waals surface area contributed by atoms with Gasteiger partial charge in [-0.2, -0.15) is 0 Å². The van der Waals surface area contributed by atoms with Crippen LogP contribution in [0.25, 0.3) is 0 Å². The number of aromatic hydroxyl groups is 2. The second kappa shape index (κ2) is 4.14. The number of aryl methyl sites for hydroxylation is 1. The summed E-state index contributed by atoms with van der Waals surface area (Å²) >= 11 is 0. The minimum absolute atomic E-state index is 0.0804. The third-order valence-electron chi connectivity index (χ3n) is 1.93. The Morgan fingerprint density at radius 2 is 2.00 bits per heavy atom. The molecule has 3 N–H and O–H groups in total. The van der Waals surface area contributed by atoms with Crippen molar-refractivity contribution in [3.8, 4) is 11.5 Å². The minimum atomic E-state index is -0.387. The molecule has 72 valence electrons. The number of benzene rings is 1. The van der Waals surface area contributed by atoms with Crippen molar-refractivity contribution in [3.05, 3.63) is 23.8 Å². The largest absolute Gasteiger partial charge is 0.504 e. The lowest BCUT2D eigenvalue weighted by atomic mass is 10.1. The highest BCUT2D eigenvalue weighted by Gasteiger charge is 2.06. The standard InChI is InChI=1S/C10H14O3/c1-7(11)5-6-8-3-2-4-9(12)10(8)13/h2-4,7,11-13H,5-6H2,1H3/t7-/m0/s1. The quantitative estimate of drug-likeness (QED) is 0.619. The van der Waals surface area contributed by atoms with Gasteiger partial charge in [0.05, 0.1) is 6.10 Å². The SMILES string of the molecule is C[C@H](O)CCc1cccc(O)c1O. The molecule has 0 unspecified atom stereocenters. The highest BCUT2D eigenvalue weighted by atomic mass is 16.3. The lowest BCUT2D eigenvalue weighted by Crippen LogP contribution is -2.01. The van der Waals surface area contributed by atoms with E-state index in [1.807, 2.05) is 0 Å². The molecule has 0 aliphatic carbocycles. The summed E-state index contributed by atoms with van der Waals surface area (Å²) in [5, 5.41) is 27.6. The zero-order chi connectivity index (χ0) is 9.84. The van der Waals surface area contributed by atoms with Gasteiger partial charge in [0.2, 0.25) is 0 Å². The summed E-state index contributed by atoms with van der Waals surface area (Å²) in [6, 6.07) is 4.84. The van der Waals surface area contributed by atoms with Gasteiger partial charge in [0.15, 0.2) is 11.5 Å². The zero-order valence-electron chi connectivity index (χ0n) is 7.57. The third-order valence-corrected chi connectivity index (χ3v) is 1.93. The Morgan fingerprint density at radius 3 is 2.62 bits per heavy atom. The van der Waals surface area contributed by atoms with Gasteiger partial charge in [-0.25, -0.2) is 0 Å². The van der Waals surface area contributed by atoms with Crippen LogP contribution < -0.4 is 0 Å². The molecule has 1 aromatic rings. The molecule has 3 nitrogen and oxygen atoms in total. The van der Waals surface area contributed by atoms with E-state index in [0.29, 0.717) is 18.4 Å². The smallest absolute Gasteiger partial charge is 0.160 e. The molecule has 0 bridgehead atoms. The molecule has 0 amide bonds. The van der Waals surface area contributed by atoms with Crippen molar-refractivity contribution in [1.82, 2.24) is 0 Å². The van der Waals surface area contributed by atoms with E-state index in [4.69, 9.17) is 10.2 Å². The Balaban J connectivity index is 2.71. The van der Waals surface area contributed by atoms with E-state index in [0.717, 1.165) is 0 Å². The van der Waals surface area contributed by atoms with E-state index in [-0.39, 0.29) is 17.6 Å². The van der Waals surface area contributed by atoms with Crippen LogP contribution in [0.5, 0.6) is 11.5 Å². The van der Waals surface area contributed by atoms with E-state index in [9.17, 15) is 5.11 Å². The van der Waals surface area contributed by atoms with Crippen LogP contribution in [0, 0.1) is 0 Å². The maximum Gasteiger partial charge on any atom is 0.160 e. The molecule has 0 aromatic heterocycles. The lowest BCUT2D eigenvalue weighted by molar-refractivity contribution is 0.184. The molecule has 0 spiro atoms. The van der Waals surface area contributed by atoms with Gasteiger partial charge < -0.3 is 15.3 Å². The van der Waals surface area contributed by atoms with Crippen LogP contribution in [0.15, 0.2) is 18.2 Å². The molecule has 0 saturated heterocycles. The maximum absolute atomic E-state index is 9.38. The van der Waals surface area contributed by atoms with Crippen molar-refractivity contribution < 1.29 is 15.3 Å². The molecule has 13 heavy (non-hydrogen) atoms. The summed E-state index contributed by atoms with van der Waals surface area (Å²) in [4.78, 5) is 0. The normalized spacial score (nSPS) is 12.8. The first-order chi connectivity index (χ1) is 6.11. The third kappa shape index (κ3) is 2.63. The number of hydrogen-bond donors (Lipinski definition) is 3. The van der Waals surface area contributed by atoms with E-state index in [1.54, 1.807) is 19.1 Å². The summed E-state index contributed by atoms with van der Waals surface area (Å²) in [6.45, 7) is 1.69. The minimum Gasteiger partial charge on any atom is -0.504 e. The molecule has 0 heterocycles. The molecule has 0 fully saturated rings. The van der Waals surface area contributed by atoms with E-state index >= 15 is 0 Å². The Hall–Kier alpha value is -1.22. The van der Waals surface area contributed by atoms with Gasteiger partial charge in [0.25, 0.3) is 0 Å². The van der Waals surface area contributed by atoms with Crippen molar-refractivity contribution in [2.75, 3.05) is 0 Å². The predicted molar refractivity (Wildman–Crippen MR) is 49.8 cm³/mol. The van der Waals surface area contributed by atoms with Gasteiger partial charge >= 0.3 is 0 Å². The number of aliphatic hydroxyl groups is 1. The first-order valence-electron chi connectivity index (χ1n) is 4.29. The van der Waals surface area contributed by atoms with Crippen LogP contribution in [0.1, 0.15) is 18.9 Å². The fourth-order valence-corrected chi connectivity index (χ4v) is 1.14. The number of hydrogen-bond acceptors (Lipinski definition) is 3. The van der Waals surface area contributed by atoms with Crippen LogP contribution in [-0.2, 0) is 6.42 Å². The monoisotopic (exact) mass is 182 g/mol. The van der Waals surface area contributed by atoms with Crippen LogP contribution >= 0.6 is 0 Å². The van der Waals surface area contributed by atoms with E-state index in [2.05, 4.69) is 0 Å². The first kappa shape index (κ1) is 9.86. The molecule has 0 aliphatic heterocycles. The zero-order valence-corrected chi connectivity index (χ0v) is 7.57. The summed E-state index contributed by atoms with van der Waals surface area (Å²) in [5.74, 6) is -0.189. The topological polar surface area (TPSA) is 60.7 Å². The van der Waals surface area contributed by atoms with Crippen molar-refractivity contribution in [2.45, 2.75) is 25.9 Å². The lowest BCUT2D eigenvalue weighted by Gasteiger charge is -2.06. The fraction of sp³-hybridized carbons (Fsp3) is 0.400. The molecule has 0 saturated carbocycles. The van der Waals surface area contributed by atoms with E-state index < -0.39 is 0 Å². The summed E-state index contributed by atoms with van der Waals surface area (Å²) < 4.78 is 0. The molecule has 3 heteroatoms. The van der Waals surface area contributed by atoms with Gasteiger partial charge in [-0.05, 0) is 31.4 Å². The molecular weight excluding hydrogens is 168 g/mol. The molecular formula is C10H14O3. The molecule has 1 aromatic carbocycles. The van der Waals surface area contributed by atoms with Crippen LogP contribution in [-0.4, -0.2) is 21.4 Å². The molecule has 0 aliphatic rings. The summed E-state index contributed by atoms with van der Waals surface area (Å²) in [6.07, 6.45) is 0.760. The van der Waals surface area contributed by atoms with Crippen molar-refractivity contribution in [3.63, 3.8) is 0 Å². The Labute approximate surface area is 77.3 Å². The number of aliphatic hydroxyl groups excluding tert-OH is 1. The predicted octanol–water partition coefficient (Wildman–Crippen LogP) is 1.41. The van der Waals surface area contributed by atoms with Crippen LogP contribution in [0.4, 0.5) is 0 Å². The summed E-state index contributed by atoms with van der Waals surface area (Å²) in [7, 11) is 0. The van der Waals surface area contributed by atoms with Crippen molar-refractivity contribution >= 4 is 0 Å². The second-order valence-corrected chi connectivity index (χ2v) is 3.17. The highest BCUT2D eigenvalue weighted by Crippen LogP contribution is 2.29. The Bertz CT molecular complexity index is 281. The van der Waals surface area contributed by atoms with Gasteiger partial charge in [0.1, 0.15) is 0 Å². The van der Waals surface area contributed by atoms with E-state index in [1.165, 1.54) is 6.07 Å². The number of rotatable bonds is 3. The van der Waals surface area contributed by atoms with Gasteiger partial charge in [0, 0.05) is 0 Å². The Kier molecular flexibility index (Phi) is 3.14. The van der Waals surface area contributed by atoms with Gasteiger partial charge in [-0.3, -0.25) is 0 Å². The van der Waals surface area contributed by atoms with Crippen molar-refractivity contribution in [1.29, 1.82) is 0 Å². The van der Waals surface area contributed by atoms with Gasteiger partial charge in [-0.15, -0.1) is 0 Å². The second-order valence-electron chi connectivity index (χ2n) is 3.17. The number of para-hydroxylation sites is 1. The highest BCUT2D eigenvalue weighted by molar-refractivity contribution is 5.44. The van der Waals surface area contributed by atoms with Gasteiger partial charge in [-0.1, -0.05) is 12.1 Å².